The molecule has 0 amide bonds. The van der Waals surface area contributed by atoms with Gasteiger partial charge in [0, 0.05) is 11.3 Å². The maximum absolute atomic E-state index is 11.4. The van der Waals surface area contributed by atoms with Crippen molar-refractivity contribution in [1.29, 1.82) is 0 Å². The molecule has 0 fully saturated rings. The summed E-state index contributed by atoms with van der Waals surface area (Å²) in [7, 11) is 0. The molecule has 1 atom stereocenters. The highest BCUT2D eigenvalue weighted by Crippen LogP contribution is 2.21. The molecule has 0 radical (unpaired) electrons. The van der Waals surface area contributed by atoms with Crippen LogP contribution in [0.25, 0.3) is 0 Å². The lowest BCUT2D eigenvalue weighted by Crippen LogP contribution is -2.13. The fourth-order valence-electron chi connectivity index (χ4n) is 1.73. The summed E-state index contributed by atoms with van der Waals surface area (Å²) in [5.41, 5.74) is 1.93. The first-order chi connectivity index (χ1) is 6.69. The molecule has 1 heterocycles. The van der Waals surface area contributed by atoms with Gasteiger partial charge in [0.05, 0.1) is 0 Å². The molecule has 78 valence electrons. The molecule has 2 heteroatoms. The van der Waals surface area contributed by atoms with Crippen LogP contribution in [-0.2, 0) is 0 Å². The highest BCUT2D eigenvalue weighted by molar-refractivity contribution is 5.15. The number of aromatic amines is 1. The number of pyridine rings is 1. The van der Waals surface area contributed by atoms with E-state index in [0.717, 1.165) is 30.5 Å². The Kier molecular flexibility index (Phi) is 3.93. The summed E-state index contributed by atoms with van der Waals surface area (Å²) in [5, 5.41) is 0. The van der Waals surface area contributed by atoms with Crippen LogP contribution >= 0.6 is 0 Å². The number of hydrogen-bond acceptors (Lipinski definition) is 1. The Balaban J connectivity index is 2.93. The molecule has 0 aliphatic heterocycles. The number of nitrogens with one attached hydrogen (secondary N) is 1. The summed E-state index contributed by atoms with van der Waals surface area (Å²) in [6, 6.07) is 3.95. The van der Waals surface area contributed by atoms with E-state index in [-0.39, 0.29) is 5.56 Å². The van der Waals surface area contributed by atoms with Crippen LogP contribution in [0.2, 0.25) is 0 Å². The Morgan fingerprint density at radius 2 is 2.07 bits per heavy atom. The van der Waals surface area contributed by atoms with Crippen molar-refractivity contribution in [3.8, 4) is 0 Å². The quantitative estimate of drug-likeness (QED) is 0.783. The van der Waals surface area contributed by atoms with Crippen molar-refractivity contribution < 1.29 is 0 Å². The van der Waals surface area contributed by atoms with Gasteiger partial charge in [-0.15, -0.1) is 0 Å². The van der Waals surface area contributed by atoms with Crippen LogP contribution in [0.15, 0.2) is 16.9 Å². The molecule has 1 aromatic heterocycles. The predicted octanol–water partition coefficient (Wildman–Crippen LogP) is 2.98. The minimum Gasteiger partial charge on any atom is -0.326 e. The molecule has 0 aliphatic rings. The monoisotopic (exact) mass is 193 g/mol. The van der Waals surface area contributed by atoms with Gasteiger partial charge in [-0.1, -0.05) is 26.3 Å². The zero-order valence-electron chi connectivity index (χ0n) is 9.26. The zero-order chi connectivity index (χ0) is 10.6. The number of aryl methyl sites for hydroxylation is 1. The Bertz CT molecular complexity index is 340. The van der Waals surface area contributed by atoms with E-state index < -0.39 is 0 Å². The van der Waals surface area contributed by atoms with Crippen molar-refractivity contribution in [2.45, 2.75) is 46.0 Å². The minimum absolute atomic E-state index is 0.0528. The fourth-order valence-corrected chi connectivity index (χ4v) is 1.73. The van der Waals surface area contributed by atoms with Crippen molar-refractivity contribution in [1.82, 2.24) is 4.98 Å². The van der Waals surface area contributed by atoms with Gasteiger partial charge in [0.25, 0.3) is 5.56 Å². The van der Waals surface area contributed by atoms with Crippen LogP contribution in [0, 0.1) is 6.92 Å². The first kappa shape index (κ1) is 11.0. The Morgan fingerprint density at radius 3 is 2.57 bits per heavy atom. The topological polar surface area (TPSA) is 32.9 Å². The lowest BCUT2D eigenvalue weighted by molar-refractivity contribution is 0.579. The van der Waals surface area contributed by atoms with Crippen LogP contribution in [0.3, 0.4) is 0 Å². The molecule has 0 spiro atoms. The maximum Gasteiger partial charge on any atom is 0.251 e. The Labute approximate surface area is 85.4 Å². The largest absolute Gasteiger partial charge is 0.326 e. The molecule has 0 aromatic carbocycles. The van der Waals surface area contributed by atoms with Crippen molar-refractivity contribution in [3.63, 3.8) is 0 Å². The SMILES string of the molecule is CCCC(CC)c1ccc(C)c(=O)[nH]1. The third-order valence-electron chi connectivity index (χ3n) is 2.70. The highest BCUT2D eigenvalue weighted by Gasteiger charge is 2.09. The van der Waals surface area contributed by atoms with Gasteiger partial charge < -0.3 is 4.98 Å². The average molecular weight is 193 g/mol. The van der Waals surface area contributed by atoms with Crippen molar-refractivity contribution in [3.05, 3.63) is 33.7 Å². The van der Waals surface area contributed by atoms with Gasteiger partial charge in [0.1, 0.15) is 0 Å². The Hall–Kier alpha value is -1.05. The average Bonchev–Trinajstić information content (AvgIpc) is 2.19. The second kappa shape index (κ2) is 4.99. The van der Waals surface area contributed by atoms with Gasteiger partial charge in [0.2, 0.25) is 0 Å². The lowest BCUT2D eigenvalue weighted by Gasteiger charge is -2.13. The van der Waals surface area contributed by atoms with Crippen molar-refractivity contribution >= 4 is 0 Å². The smallest absolute Gasteiger partial charge is 0.251 e. The molecule has 1 aromatic rings. The van der Waals surface area contributed by atoms with Gasteiger partial charge in [-0.2, -0.15) is 0 Å². The summed E-state index contributed by atoms with van der Waals surface area (Å²) in [4.78, 5) is 14.4. The van der Waals surface area contributed by atoms with Crippen LogP contribution < -0.4 is 5.56 Å². The van der Waals surface area contributed by atoms with Crippen molar-refractivity contribution in [2.24, 2.45) is 0 Å². The molecular weight excluding hydrogens is 174 g/mol. The third-order valence-corrected chi connectivity index (χ3v) is 2.70. The van der Waals surface area contributed by atoms with E-state index in [4.69, 9.17) is 0 Å². The lowest BCUT2D eigenvalue weighted by atomic mass is 9.96. The Morgan fingerprint density at radius 1 is 1.36 bits per heavy atom. The molecule has 0 saturated carbocycles. The second-order valence-electron chi connectivity index (χ2n) is 3.82. The fraction of sp³-hybridized carbons (Fsp3) is 0.583. The van der Waals surface area contributed by atoms with Crippen LogP contribution in [0.1, 0.15) is 50.3 Å². The number of rotatable bonds is 4. The summed E-state index contributed by atoms with van der Waals surface area (Å²) in [6.07, 6.45) is 3.40. The zero-order valence-corrected chi connectivity index (χ0v) is 9.26. The normalized spacial score (nSPS) is 12.8. The number of H-pyrrole nitrogens is 1. The van der Waals surface area contributed by atoms with Gasteiger partial charge >= 0.3 is 0 Å². The van der Waals surface area contributed by atoms with E-state index in [2.05, 4.69) is 18.8 Å². The first-order valence-electron chi connectivity index (χ1n) is 5.38. The summed E-state index contributed by atoms with van der Waals surface area (Å²) < 4.78 is 0. The maximum atomic E-state index is 11.4. The van der Waals surface area contributed by atoms with E-state index in [1.807, 2.05) is 19.1 Å². The van der Waals surface area contributed by atoms with Gasteiger partial charge in [0.15, 0.2) is 0 Å². The van der Waals surface area contributed by atoms with E-state index in [1.54, 1.807) is 0 Å². The van der Waals surface area contributed by atoms with Crippen LogP contribution in [-0.4, -0.2) is 4.98 Å². The van der Waals surface area contributed by atoms with Gasteiger partial charge in [-0.3, -0.25) is 4.79 Å². The highest BCUT2D eigenvalue weighted by atomic mass is 16.1. The summed E-state index contributed by atoms with van der Waals surface area (Å²) >= 11 is 0. The molecule has 2 nitrogen and oxygen atoms in total. The predicted molar refractivity (Wildman–Crippen MR) is 59.7 cm³/mol. The van der Waals surface area contributed by atoms with Crippen LogP contribution in [0.5, 0.6) is 0 Å². The van der Waals surface area contributed by atoms with Crippen molar-refractivity contribution in [2.75, 3.05) is 0 Å². The third kappa shape index (κ3) is 2.47. The van der Waals surface area contributed by atoms with Gasteiger partial charge in [-0.05, 0) is 31.7 Å². The number of aromatic nitrogens is 1. The molecule has 0 saturated heterocycles. The standard InChI is InChI=1S/C12H19NO/c1-4-6-10(5-2)11-8-7-9(3)12(14)13-11/h7-8,10H,4-6H2,1-3H3,(H,13,14). The van der Waals surface area contributed by atoms with Gasteiger partial charge in [-0.25, -0.2) is 0 Å². The number of hydrogen-bond donors (Lipinski definition) is 1. The summed E-state index contributed by atoms with van der Waals surface area (Å²) in [5.74, 6) is 0.508. The molecule has 14 heavy (non-hydrogen) atoms. The minimum atomic E-state index is 0.0528. The summed E-state index contributed by atoms with van der Waals surface area (Å²) in [6.45, 7) is 6.18. The molecule has 1 N–H and O–H groups in total. The van der Waals surface area contributed by atoms with E-state index in [9.17, 15) is 4.79 Å². The van der Waals surface area contributed by atoms with E-state index in [0.29, 0.717) is 5.92 Å². The first-order valence-corrected chi connectivity index (χ1v) is 5.38. The molecule has 1 rings (SSSR count). The van der Waals surface area contributed by atoms with E-state index >= 15 is 0 Å². The molecule has 0 aliphatic carbocycles. The molecular formula is C12H19NO. The van der Waals surface area contributed by atoms with E-state index in [1.165, 1.54) is 0 Å². The molecule has 1 unspecified atom stereocenters. The second-order valence-corrected chi connectivity index (χ2v) is 3.82. The van der Waals surface area contributed by atoms with Crippen LogP contribution in [0.4, 0.5) is 0 Å². The molecule has 0 bridgehead atoms.